The van der Waals surface area contributed by atoms with Crippen molar-refractivity contribution >= 4 is 20.4 Å². The van der Waals surface area contributed by atoms with Crippen LogP contribution < -0.4 is 10.6 Å². The summed E-state index contributed by atoms with van der Waals surface area (Å²) in [5, 5.41) is 13.7. The molecule has 1 aromatic heterocycles. The molecule has 0 saturated carbocycles. The average molecular weight is 514 g/mol. The van der Waals surface area contributed by atoms with Gasteiger partial charge in [-0.15, -0.1) is 0 Å². The molecule has 1 aliphatic rings. The zero-order valence-corrected chi connectivity index (χ0v) is 25.4. The van der Waals surface area contributed by atoms with Gasteiger partial charge in [0.25, 0.3) is 0 Å². The van der Waals surface area contributed by atoms with Crippen molar-refractivity contribution in [1.82, 2.24) is 15.5 Å². The molecule has 0 amide bonds. The maximum Gasteiger partial charge on any atom is 0.146 e. The first kappa shape index (κ1) is 30.8. The minimum absolute atomic E-state index is 0.0322. The first-order valence-electron chi connectivity index (χ1n) is 15.2. The number of aromatic nitrogens is 2. The summed E-state index contributed by atoms with van der Waals surface area (Å²) in [6.45, 7) is 10.2. The Labute approximate surface area is 225 Å². The molecule has 1 aliphatic heterocycles. The van der Waals surface area contributed by atoms with Crippen molar-refractivity contribution in [3.63, 3.8) is 0 Å². The molecular formula is C31H55N3OSi. The molecule has 0 spiro atoms. The molecule has 5 heteroatoms. The SMILES string of the molecule is CCCCCCCOC1C=CC(c2ccc([SiH2]CC(C)CCCCCC(C)CCCCC)nn2)=CN1. The number of nitrogens with one attached hydrogen (secondary N) is 1. The van der Waals surface area contributed by atoms with Gasteiger partial charge in [-0.2, -0.15) is 10.2 Å². The molecule has 4 nitrogen and oxygen atoms in total. The molecule has 2 heterocycles. The van der Waals surface area contributed by atoms with Gasteiger partial charge in [0.05, 0.1) is 15.2 Å². The fourth-order valence-corrected chi connectivity index (χ4v) is 6.41. The maximum absolute atomic E-state index is 5.92. The summed E-state index contributed by atoms with van der Waals surface area (Å²) in [4.78, 5) is 0. The Bertz CT molecular complexity index is 734. The van der Waals surface area contributed by atoms with Crippen LogP contribution >= 0.6 is 0 Å². The van der Waals surface area contributed by atoms with Crippen LogP contribution in [0.5, 0.6) is 0 Å². The minimum atomic E-state index is -0.341. The summed E-state index contributed by atoms with van der Waals surface area (Å²) >= 11 is 0. The first-order chi connectivity index (χ1) is 17.6. The molecule has 0 radical (unpaired) electrons. The van der Waals surface area contributed by atoms with Crippen molar-refractivity contribution in [2.75, 3.05) is 6.61 Å². The summed E-state index contributed by atoms with van der Waals surface area (Å²) in [6.07, 6.45) is 25.1. The molecule has 2 rings (SSSR count). The van der Waals surface area contributed by atoms with Crippen molar-refractivity contribution in [2.45, 2.75) is 130 Å². The van der Waals surface area contributed by atoms with Crippen LogP contribution in [0.3, 0.4) is 0 Å². The highest BCUT2D eigenvalue weighted by atomic mass is 28.2. The fraction of sp³-hybridized carbons (Fsp3) is 0.742. The van der Waals surface area contributed by atoms with Gasteiger partial charge in [-0.3, -0.25) is 0 Å². The van der Waals surface area contributed by atoms with Crippen molar-refractivity contribution in [3.05, 3.63) is 36.2 Å². The predicted octanol–water partition coefficient (Wildman–Crippen LogP) is 7.31. The lowest BCUT2D eigenvalue weighted by atomic mass is 9.96. The number of hydrogen-bond acceptors (Lipinski definition) is 4. The molecule has 3 unspecified atom stereocenters. The fourth-order valence-electron chi connectivity index (χ4n) is 4.88. The van der Waals surface area contributed by atoms with E-state index in [2.05, 4.69) is 67.5 Å². The molecule has 204 valence electrons. The molecule has 0 fully saturated rings. The summed E-state index contributed by atoms with van der Waals surface area (Å²) < 4.78 is 5.92. The van der Waals surface area contributed by atoms with Gasteiger partial charge in [-0.25, -0.2) is 0 Å². The normalized spacial score (nSPS) is 17.3. The van der Waals surface area contributed by atoms with E-state index >= 15 is 0 Å². The highest BCUT2D eigenvalue weighted by molar-refractivity contribution is 6.52. The van der Waals surface area contributed by atoms with Crippen LogP contribution in [0.4, 0.5) is 0 Å². The van der Waals surface area contributed by atoms with E-state index in [1.807, 2.05) is 6.20 Å². The van der Waals surface area contributed by atoms with E-state index in [0.717, 1.165) is 36.1 Å². The van der Waals surface area contributed by atoms with E-state index in [4.69, 9.17) is 4.74 Å². The van der Waals surface area contributed by atoms with Gasteiger partial charge in [0, 0.05) is 23.7 Å². The molecule has 3 atom stereocenters. The number of hydrogen-bond donors (Lipinski definition) is 1. The van der Waals surface area contributed by atoms with E-state index in [1.165, 1.54) is 94.8 Å². The summed E-state index contributed by atoms with van der Waals surface area (Å²) in [5.74, 6) is 1.73. The van der Waals surface area contributed by atoms with Gasteiger partial charge in [-0.05, 0) is 36.5 Å². The lowest BCUT2D eigenvalue weighted by Crippen LogP contribution is -2.28. The van der Waals surface area contributed by atoms with Crippen molar-refractivity contribution in [2.24, 2.45) is 11.8 Å². The Morgan fingerprint density at radius 1 is 0.833 bits per heavy atom. The molecule has 0 aliphatic carbocycles. The monoisotopic (exact) mass is 513 g/mol. The Morgan fingerprint density at radius 3 is 2.17 bits per heavy atom. The summed E-state index contributed by atoms with van der Waals surface area (Å²) in [6, 6.07) is 5.67. The Hall–Kier alpha value is -1.46. The second-order valence-corrected chi connectivity index (χ2v) is 12.9. The number of allylic oxidation sites excluding steroid dienone is 2. The van der Waals surface area contributed by atoms with Crippen molar-refractivity contribution in [3.8, 4) is 0 Å². The van der Waals surface area contributed by atoms with Gasteiger partial charge in [0.15, 0.2) is 0 Å². The molecule has 0 bridgehead atoms. The molecule has 1 N–H and O–H groups in total. The smallest absolute Gasteiger partial charge is 0.146 e. The Balaban J connectivity index is 1.57. The Morgan fingerprint density at radius 2 is 1.50 bits per heavy atom. The third kappa shape index (κ3) is 13.7. The minimum Gasteiger partial charge on any atom is -0.362 e. The van der Waals surface area contributed by atoms with Crippen molar-refractivity contribution in [1.29, 1.82) is 0 Å². The van der Waals surface area contributed by atoms with Crippen LogP contribution in [-0.2, 0) is 4.74 Å². The van der Waals surface area contributed by atoms with Crippen LogP contribution in [0, 0.1) is 11.8 Å². The summed E-state index contributed by atoms with van der Waals surface area (Å²) in [7, 11) is -0.341. The number of dihydropyridines is 1. The van der Waals surface area contributed by atoms with E-state index in [-0.39, 0.29) is 15.7 Å². The van der Waals surface area contributed by atoms with E-state index in [9.17, 15) is 0 Å². The second-order valence-electron chi connectivity index (χ2n) is 11.1. The molecule has 1 aromatic rings. The molecule has 0 saturated heterocycles. The predicted molar refractivity (Wildman–Crippen MR) is 159 cm³/mol. The maximum atomic E-state index is 5.92. The number of ether oxygens (including phenoxy) is 1. The van der Waals surface area contributed by atoms with Crippen LogP contribution in [0.15, 0.2) is 30.5 Å². The van der Waals surface area contributed by atoms with E-state index < -0.39 is 0 Å². The lowest BCUT2D eigenvalue weighted by Gasteiger charge is -2.19. The number of nitrogens with zero attached hydrogens (tertiary/aromatic N) is 2. The van der Waals surface area contributed by atoms with Gasteiger partial charge in [0.1, 0.15) is 6.23 Å². The molecule has 36 heavy (non-hydrogen) atoms. The molecule has 0 aromatic carbocycles. The molecular weight excluding hydrogens is 458 g/mol. The third-order valence-electron chi connectivity index (χ3n) is 7.50. The summed E-state index contributed by atoms with van der Waals surface area (Å²) in [5.41, 5.74) is 2.01. The van der Waals surface area contributed by atoms with Crippen LogP contribution in [0.1, 0.15) is 123 Å². The van der Waals surface area contributed by atoms with Crippen LogP contribution in [0.2, 0.25) is 6.04 Å². The standard InChI is InChI=1S/C31H55N3OSi/c1-5-7-9-10-15-23-35-30-21-19-28(24-32-30)29-20-22-31(34-33-29)36-25-27(4)18-14-11-13-17-26(3)16-12-8-6-2/h19-22,24,26-27,30,32H,5-18,23,25,36H2,1-4H3. The first-order valence-corrected chi connectivity index (χ1v) is 16.9. The number of rotatable bonds is 21. The van der Waals surface area contributed by atoms with Gasteiger partial charge in [-0.1, -0.05) is 123 Å². The van der Waals surface area contributed by atoms with Gasteiger partial charge in [0.2, 0.25) is 0 Å². The highest BCUT2D eigenvalue weighted by Gasteiger charge is 2.11. The quantitative estimate of drug-likeness (QED) is 0.138. The lowest BCUT2D eigenvalue weighted by molar-refractivity contribution is 0.0682. The average Bonchev–Trinajstić information content (AvgIpc) is 2.90. The van der Waals surface area contributed by atoms with Crippen LogP contribution in [-0.4, -0.2) is 32.6 Å². The van der Waals surface area contributed by atoms with Crippen LogP contribution in [0.25, 0.3) is 5.57 Å². The number of unbranched alkanes of at least 4 members (excludes halogenated alkanes) is 8. The second kappa shape index (κ2) is 19.6. The topological polar surface area (TPSA) is 47.0 Å². The third-order valence-corrected chi connectivity index (χ3v) is 9.67. The van der Waals surface area contributed by atoms with E-state index in [1.54, 1.807) is 0 Å². The highest BCUT2D eigenvalue weighted by Crippen LogP contribution is 2.19. The zero-order valence-electron chi connectivity index (χ0n) is 23.9. The largest absolute Gasteiger partial charge is 0.362 e. The van der Waals surface area contributed by atoms with Gasteiger partial charge >= 0.3 is 0 Å². The van der Waals surface area contributed by atoms with Crippen molar-refractivity contribution < 1.29 is 4.74 Å². The van der Waals surface area contributed by atoms with E-state index in [0.29, 0.717) is 0 Å². The Kier molecular flexibility index (Phi) is 16.8. The van der Waals surface area contributed by atoms with Gasteiger partial charge < -0.3 is 10.1 Å². The zero-order chi connectivity index (χ0) is 25.8.